The second-order valence-electron chi connectivity index (χ2n) is 8.91. The highest BCUT2D eigenvalue weighted by Gasteiger charge is 2.21. The SMILES string of the molecule is CS(=O)(=O)N(CCCC(=O)NCc1ccc(CN2CCCCC2)cc1)c1ccc2c(c1)OCO2. The molecule has 2 aliphatic rings. The molecule has 1 N–H and O–H groups in total. The lowest BCUT2D eigenvalue weighted by molar-refractivity contribution is -0.121. The maximum Gasteiger partial charge on any atom is 0.232 e. The van der Waals surface area contributed by atoms with Crippen LogP contribution in [0, 0.1) is 0 Å². The van der Waals surface area contributed by atoms with Crippen molar-refractivity contribution in [1.82, 2.24) is 10.2 Å². The molecule has 0 bridgehead atoms. The lowest BCUT2D eigenvalue weighted by atomic mass is 10.1. The maximum atomic E-state index is 12.3. The molecule has 0 aromatic heterocycles. The molecule has 2 heterocycles. The number of hydrogen-bond acceptors (Lipinski definition) is 6. The quantitative estimate of drug-likeness (QED) is 0.554. The number of carbonyl (C=O) groups is 1. The topological polar surface area (TPSA) is 88.2 Å². The number of benzene rings is 2. The van der Waals surface area contributed by atoms with E-state index in [0.717, 1.165) is 18.4 Å². The van der Waals surface area contributed by atoms with E-state index < -0.39 is 10.0 Å². The highest BCUT2D eigenvalue weighted by molar-refractivity contribution is 7.92. The first-order chi connectivity index (χ1) is 16.4. The third-order valence-electron chi connectivity index (χ3n) is 6.18. The van der Waals surface area contributed by atoms with Gasteiger partial charge in [-0.15, -0.1) is 0 Å². The van der Waals surface area contributed by atoms with Crippen LogP contribution in [0.15, 0.2) is 42.5 Å². The summed E-state index contributed by atoms with van der Waals surface area (Å²) in [7, 11) is -3.50. The standard InChI is InChI=1S/C25H33N3O5S/c1-34(30,31)28(22-11-12-23-24(16-22)33-19-32-23)15-5-6-25(29)26-17-20-7-9-21(10-8-20)18-27-13-3-2-4-14-27/h7-12,16H,2-6,13-15,17-19H2,1H3,(H,26,29). The van der Waals surface area contributed by atoms with Crippen LogP contribution in [0.1, 0.15) is 43.2 Å². The molecule has 9 heteroatoms. The zero-order valence-electron chi connectivity index (χ0n) is 19.7. The second kappa shape index (κ2) is 11.1. The molecule has 8 nitrogen and oxygen atoms in total. The smallest absolute Gasteiger partial charge is 0.232 e. The van der Waals surface area contributed by atoms with Gasteiger partial charge in [-0.1, -0.05) is 30.7 Å². The molecule has 4 rings (SSSR count). The summed E-state index contributed by atoms with van der Waals surface area (Å²) in [5.41, 5.74) is 2.84. The van der Waals surface area contributed by atoms with Gasteiger partial charge in [0.15, 0.2) is 11.5 Å². The number of ether oxygens (including phenoxy) is 2. The molecule has 0 unspecified atom stereocenters. The summed E-state index contributed by atoms with van der Waals surface area (Å²) in [5.74, 6) is 1.01. The lowest BCUT2D eigenvalue weighted by Gasteiger charge is -2.26. The number of carbonyl (C=O) groups excluding carboxylic acids is 1. The Morgan fingerprint density at radius 2 is 1.71 bits per heavy atom. The van der Waals surface area contributed by atoms with Crippen LogP contribution in [0.3, 0.4) is 0 Å². The van der Waals surface area contributed by atoms with E-state index in [2.05, 4.69) is 34.5 Å². The number of nitrogens with zero attached hydrogens (tertiary/aromatic N) is 2. The largest absolute Gasteiger partial charge is 0.454 e. The molecule has 34 heavy (non-hydrogen) atoms. The predicted octanol–water partition coefficient (Wildman–Crippen LogP) is 3.26. The van der Waals surface area contributed by atoms with Crippen molar-refractivity contribution in [2.75, 3.05) is 37.0 Å². The van der Waals surface area contributed by atoms with Gasteiger partial charge in [0, 0.05) is 32.1 Å². The number of rotatable bonds is 10. The molecular formula is C25H33N3O5S. The Bertz CT molecular complexity index is 1080. The predicted molar refractivity (Wildman–Crippen MR) is 131 cm³/mol. The van der Waals surface area contributed by atoms with Crippen molar-refractivity contribution in [1.29, 1.82) is 0 Å². The minimum atomic E-state index is -3.50. The van der Waals surface area contributed by atoms with Crippen LogP contribution >= 0.6 is 0 Å². The van der Waals surface area contributed by atoms with Crippen LogP contribution in [0.4, 0.5) is 5.69 Å². The monoisotopic (exact) mass is 487 g/mol. The molecule has 1 fully saturated rings. The summed E-state index contributed by atoms with van der Waals surface area (Å²) >= 11 is 0. The van der Waals surface area contributed by atoms with Crippen molar-refractivity contribution < 1.29 is 22.7 Å². The average Bonchev–Trinajstić information content (AvgIpc) is 3.29. The number of sulfonamides is 1. The first-order valence-corrected chi connectivity index (χ1v) is 13.7. The number of nitrogens with one attached hydrogen (secondary N) is 1. The number of hydrogen-bond donors (Lipinski definition) is 1. The van der Waals surface area contributed by atoms with E-state index in [-0.39, 0.29) is 25.7 Å². The average molecular weight is 488 g/mol. The van der Waals surface area contributed by atoms with Gasteiger partial charge in [0.2, 0.25) is 22.7 Å². The van der Waals surface area contributed by atoms with Gasteiger partial charge in [-0.05, 0) is 55.6 Å². The number of amides is 1. The van der Waals surface area contributed by atoms with E-state index in [1.54, 1.807) is 18.2 Å². The lowest BCUT2D eigenvalue weighted by Crippen LogP contribution is -2.32. The van der Waals surface area contributed by atoms with E-state index in [4.69, 9.17) is 9.47 Å². The maximum absolute atomic E-state index is 12.3. The van der Waals surface area contributed by atoms with Gasteiger partial charge in [0.1, 0.15) is 0 Å². The van der Waals surface area contributed by atoms with Crippen molar-refractivity contribution in [3.05, 3.63) is 53.6 Å². The van der Waals surface area contributed by atoms with Crippen molar-refractivity contribution in [2.45, 2.75) is 45.2 Å². The molecule has 1 amide bonds. The normalized spacial score (nSPS) is 15.8. The van der Waals surface area contributed by atoms with Crippen LogP contribution in [0.5, 0.6) is 11.5 Å². The van der Waals surface area contributed by atoms with Gasteiger partial charge in [0.05, 0.1) is 11.9 Å². The Kier molecular flexibility index (Phi) is 7.95. The van der Waals surface area contributed by atoms with Crippen molar-refractivity contribution in [3.63, 3.8) is 0 Å². The van der Waals surface area contributed by atoms with Crippen LogP contribution in [0.2, 0.25) is 0 Å². The van der Waals surface area contributed by atoms with E-state index >= 15 is 0 Å². The number of piperidine rings is 1. The van der Waals surface area contributed by atoms with Crippen molar-refractivity contribution in [2.24, 2.45) is 0 Å². The molecule has 0 radical (unpaired) electrons. The summed E-state index contributed by atoms with van der Waals surface area (Å²) < 4.78 is 36.6. The molecule has 1 saturated heterocycles. The van der Waals surface area contributed by atoms with Gasteiger partial charge in [0.25, 0.3) is 0 Å². The first kappa shape index (κ1) is 24.3. The second-order valence-corrected chi connectivity index (χ2v) is 10.8. The van der Waals surface area contributed by atoms with Crippen LogP contribution in [-0.4, -0.2) is 51.9 Å². The fraction of sp³-hybridized carbons (Fsp3) is 0.480. The van der Waals surface area contributed by atoms with E-state index in [1.807, 2.05) is 0 Å². The van der Waals surface area contributed by atoms with Crippen LogP contribution in [0.25, 0.3) is 0 Å². The highest BCUT2D eigenvalue weighted by atomic mass is 32.2. The number of fused-ring (bicyclic) bond motifs is 1. The van der Waals surface area contributed by atoms with Crippen LogP contribution < -0.4 is 19.1 Å². The van der Waals surface area contributed by atoms with Gasteiger partial charge in [-0.2, -0.15) is 0 Å². The molecule has 184 valence electrons. The van der Waals surface area contributed by atoms with E-state index in [0.29, 0.717) is 30.2 Å². The molecule has 2 aliphatic heterocycles. The molecular weight excluding hydrogens is 454 g/mol. The van der Waals surface area contributed by atoms with Gasteiger partial charge in [-0.3, -0.25) is 14.0 Å². The third kappa shape index (κ3) is 6.64. The highest BCUT2D eigenvalue weighted by Crippen LogP contribution is 2.36. The Hall–Kier alpha value is -2.78. The summed E-state index contributed by atoms with van der Waals surface area (Å²) in [4.78, 5) is 14.8. The zero-order chi connectivity index (χ0) is 24.0. The van der Waals surface area contributed by atoms with E-state index in [9.17, 15) is 13.2 Å². The third-order valence-corrected chi connectivity index (χ3v) is 7.37. The van der Waals surface area contributed by atoms with Gasteiger partial charge < -0.3 is 14.8 Å². The molecule has 0 aliphatic carbocycles. The zero-order valence-corrected chi connectivity index (χ0v) is 20.5. The Morgan fingerprint density at radius 1 is 1.00 bits per heavy atom. The molecule has 0 saturated carbocycles. The van der Waals surface area contributed by atoms with Crippen molar-refractivity contribution in [3.8, 4) is 11.5 Å². The Morgan fingerprint density at radius 3 is 2.44 bits per heavy atom. The van der Waals surface area contributed by atoms with Crippen molar-refractivity contribution >= 4 is 21.6 Å². The Labute approximate surface area is 201 Å². The van der Waals surface area contributed by atoms with Crippen LogP contribution in [-0.2, 0) is 27.9 Å². The fourth-order valence-electron chi connectivity index (χ4n) is 4.34. The van der Waals surface area contributed by atoms with E-state index in [1.165, 1.54) is 42.2 Å². The first-order valence-electron chi connectivity index (χ1n) is 11.8. The minimum Gasteiger partial charge on any atom is -0.454 e. The fourth-order valence-corrected chi connectivity index (χ4v) is 5.29. The minimum absolute atomic E-state index is 0.100. The summed E-state index contributed by atoms with van der Waals surface area (Å²) in [5, 5.41) is 2.93. The molecule has 2 aromatic carbocycles. The number of anilines is 1. The number of likely N-dealkylation sites (tertiary alicyclic amines) is 1. The summed E-state index contributed by atoms with van der Waals surface area (Å²) in [6.45, 7) is 4.11. The van der Waals surface area contributed by atoms with Gasteiger partial charge in [-0.25, -0.2) is 8.42 Å². The summed E-state index contributed by atoms with van der Waals surface area (Å²) in [6, 6.07) is 13.4. The summed E-state index contributed by atoms with van der Waals surface area (Å²) in [6.07, 6.45) is 5.70. The Balaban J connectivity index is 1.23. The molecule has 0 atom stereocenters. The van der Waals surface area contributed by atoms with Gasteiger partial charge >= 0.3 is 0 Å². The molecule has 2 aromatic rings. The molecule has 0 spiro atoms.